The number of sulfonamides is 2. The number of nitrogens with zero attached hydrogens (tertiary/aromatic N) is 2. The van der Waals surface area contributed by atoms with Crippen LogP contribution in [0.2, 0.25) is 0 Å². The van der Waals surface area contributed by atoms with Crippen molar-refractivity contribution in [3.63, 3.8) is 0 Å². The number of carbonyl (C=O) groups is 1. The number of aryl methyl sites for hydroxylation is 1. The zero-order valence-corrected chi connectivity index (χ0v) is 21.4. The standard InChI is InChI=1S/C24H31N3O6S2/c1-19-9-10-22(35(31,32)27-13-15-33-16-14-27)18-23(19)24(28)25-20-7-6-8-21(17-20)34(29,30)26-11-4-2-3-5-12-26/h6-10,17-18H,2-5,11-16H2,1H3,(H,25,28). The van der Waals surface area contributed by atoms with Crippen LogP contribution in [-0.2, 0) is 24.8 Å². The van der Waals surface area contributed by atoms with Gasteiger partial charge in [0.05, 0.1) is 23.0 Å². The molecule has 2 aromatic rings. The topological polar surface area (TPSA) is 113 Å². The summed E-state index contributed by atoms with van der Waals surface area (Å²) in [6, 6.07) is 10.6. The Morgan fingerprint density at radius 2 is 1.40 bits per heavy atom. The molecule has 0 saturated carbocycles. The first kappa shape index (κ1) is 25.8. The van der Waals surface area contributed by atoms with Crippen LogP contribution in [0.4, 0.5) is 5.69 Å². The third-order valence-corrected chi connectivity index (χ3v) is 10.1. The minimum atomic E-state index is -3.76. The Labute approximate surface area is 207 Å². The lowest BCUT2D eigenvalue weighted by Crippen LogP contribution is -2.40. The van der Waals surface area contributed by atoms with E-state index in [2.05, 4.69) is 5.32 Å². The highest BCUT2D eigenvalue weighted by Gasteiger charge is 2.28. The van der Waals surface area contributed by atoms with Crippen molar-refractivity contribution in [2.45, 2.75) is 42.4 Å². The molecule has 2 aromatic carbocycles. The van der Waals surface area contributed by atoms with Crippen molar-refractivity contribution in [2.75, 3.05) is 44.7 Å². The normalized spacial score (nSPS) is 18.7. The maximum Gasteiger partial charge on any atom is 0.255 e. The van der Waals surface area contributed by atoms with Gasteiger partial charge in [0, 0.05) is 37.4 Å². The van der Waals surface area contributed by atoms with Crippen molar-refractivity contribution < 1.29 is 26.4 Å². The van der Waals surface area contributed by atoms with Crippen LogP contribution >= 0.6 is 0 Å². The van der Waals surface area contributed by atoms with Crippen molar-refractivity contribution in [1.29, 1.82) is 0 Å². The maximum absolute atomic E-state index is 13.1. The number of amides is 1. The second-order valence-electron chi connectivity index (χ2n) is 8.79. The van der Waals surface area contributed by atoms with Crippen LogP contribution in [0.15, 0.2) is 52.3 Å². The first-order valence-electron chi connectivity index (χ1n) is 11.8. The first-order chi connectivity index (χ1) is 16.7. The first-order valence-corrected chi connectivity index (χ1v) is 14.7. The lowest BCUT2D eigenvalue weighted by molar-refractivity contribution is 0.0730. The molecule has 0 unspecified atom stereocenters. The molecule has 2 fully saturated rings. The Kier molecular flexibility index (Phi) is 7.92. The van der Waals surface area contributed by atoms with Gasteiger partial charge in [-0.15, -0.1) is 0 Å². The second kappa shape index (κ2) is 10.8. The number of hydrogen-bond donors (Lipinski definition) is 1. The molecule has 9 nitrogen and oxygen atoms in total. The molecule has 0 radical (unpaired) electrons. The smallest absolute Gasteiger partial charge is 0.255 e. The predicted molar refractivity (Wildman–Crippen MR) is 132 cm³/mol. The van der Waals surface area contributed by atoms with Gasteiger partial charge in [0.25, 0.3) is 5.91 Å². The summed E-state index contributed by atoms with van der Waals surface area (Å²) >= 11 is 0. The number of nitrogens with one attached hydrogen (secondary N) is 1. The number of benzene rings is 2. The molecular formula is C24H31N3O6S2. The van der Waals surface area contributed by atoms with Gasteiger partial charge in [-0.2, -0.15) is 8.61 Å². The van der Waals surface area contributed by atoms with Crippen LogP contribution in [0.3, 0.4) is 0 Å². The van der Waals surface area contributed by atoms with Gasteiger partial charge < -0.3 is 10.1 Å². The van der Waals surface area contributed by atoms with Crippen LogP contribution in [0, 0.1) is 6.92 Å². The van der Waals surface area contributed by atoms with Crippen LogP contribution in [0.1, 0.15) is 41.6 Å². The van der Waals surface area contributed by atoms with E-state index in [0.29, 0.717) is 37.6 Å². The van der Waals surface area contributed by atoms with Crippen molar-refractivity contribution in [3.05, 3.63) is 53.6 Å². The largest absolute Gasteiger partial charge is 0.379 e. The highest BCUT2D eigenvalue weighted by molar-refractivity contribution is 7.89. The molecule has 2 aliphatic heterocycles. The van der Waals surface area contributed by atoms with E-state index >= 15 is 0 Å². The summed E-state index contributed by atoms with van der Waals surface area (Å²) in [6.45, 7) is 3.88. The fourth-order valence-electron chi connectivity index (χ4n) is 4.31. The van der Waals surface area contributed by atoms with Crippen LogP contribution in [-0.4, -0.2) is 70.7 Å². The molecular weight excluding hydrogens is 490 g/mol. The molecule has 35 heavy (non-hydrogen) atoms. The molecule has 0 bridgehead atoms. The van der Waals surface area contributed by atoms with Gasteiger partial charge in [-0.1, -0.05) is 25.0 Å². The molecule has 2 saturated heterocycles. The van der Waals surface area contributed by atoms with Crippen molar-refractivity contribution >= 4 is 31.6 Å². The van der Waals surface area contributed by atoms with Crippen molar-refractivity contribution in [3.8, 4) is 0 Å². The summed E-state index contributed by atoms with van der Waals surface area (Å²) in [5.41, 5.74) is 1.14. The molecule has 4 rings (SSSR count). The highest BCUT2D eigenvalue weighted by Crippen LogP contribution is 2.25. The van der Waals surface area contributed by atoms with E-state index in [4.69, 9.17) is 4.74 Å². The van der Waals surface area contributed by atoms with E-state index in [1.54, 1.807) is 25.1 Å². The molecule has 1 N–H and O–H groups in total. The molecule has 0 aromatic heterocycles. The average molecular weight is 522 g/mol. The summed E-state index contributed by atoms with van der Waals surface area (Å²) in [4.78, 5) is 13.3. The minimum absolute atomic E-state index is 0.0349. The summed E-state index contributed by atoms with van der Waals surface area (Å²) in [5, 5.41) is 2.73. The minimum Gasteiger partial charge on any atom is -0.379 e. The summed E-state index contributed by atoms with van der Waals surface area (Å²) < 4.78 is 60.4. The molecule has 2 aliphatic rings. The van der Waals surface area contributed by atoms with Crippen molar-refractivity contribution in [1.82, 2.24) is 8.61 Å². The lowest BCUT2D eigenvalue weighted by atomic mass is 10.1. The maximum atomic E-state index is 13.1. The van der Waals surface area contributed by atoms with E-state index in [0.717, 1.165) is 25.7 Å². The van der Waals surface area contributed by atoms with E-state index in [-0.39, 0.29) is 28.4 Å². The Morgan fingerprint density at radius 1 is 0.800 bits per heavy atom. The van der Waals surface area contributed by atoms with Crippen LogP contribution in [0.25, 0.3) is 0 Å². The fraction of sp³-hybridized carbons (Fsp3) is 0.458. The Bertz CT molecular complexity index is 1280. The summed E-state index contributed by atoms with van der Waals surface area (Å²) in [6.07, 6.45) is 3.70. The molecule has 2 heterocycles. The number of anilines is 1. The number of ether oxygens (including phenoxy) is 1. The quantitative estimate of drug-likeness (QED) is 0.626. The average Bonchev–Trinajstić information content (AvgIpc) is 3.15. The zero-order chi connectivity index (χ0) is 25.1. The molecule has 11 heteroatoms. The van der Waals surface area contributed by atoms with Gasteiger partial charge in [0.1, 0.15) is 0 Å². The van der Waals surface area contributed by atoms with E-state index in [1.807, 2.05) is 0 Å². The fourth-order valence-corrected chi connectivity index (χ4v) is 7.30. The predicted octanol–water partition coefficient (Wildman–Crippen LogP) is 2.83. The third kappa shape index (κ3) is 5.75. The second-order valence-corrected chi connectivity index (χ2v) is 12.7. The van der Waals surface area contributed by atoms with Crippen LogP contribution in [0.5, 0.6) is 0 Å². The SMILES string of the molecule is Cc1ccc(S(=O)(=O)N2CCOCC2)cc1C(=O)Nc1cccc(S(=O)(=O)N2CCCCCC2)c1. The Balaban J connectivity index is 1.56. The van der Waals surface area contributed by atoms with Gasteiger partial charge in [-0.3, -0.25) is 4.79 Å². The zero-order valence-electron chi connectivity index (χ0n) is 19.8. The molecule has 0 aliphatic carbocycles. The molecule has 1 amide bonds. The summed E-state index contributed by atoms with van der Waals surface area (Å²) in [7, 11) is -7.43. The van der Waals surface area contributed by atoms with Gasteiger partial charge in [0.2, 0.25) is 20.0 Å². The van der Waals surface area contributed by atoms with E-state index < -0.39 is 26.0 Å². The Hall–Kier alpha value is -2.31. The number of rotatable bonds is 6. The Morgan fingerprint density at radius 3 is 2.06 bits per heavy atom. The third-order valence-electron chi connectivity index (χ3n) is 6.36. The number of morpholine rings is 1. The molecule has 0 atom stereocenters. The van der Waals surface area contributed by atoms with Gasteiger partial charge in [-0.25, -0.2) is 16.8 Å². The number of hydrogen-bond acceptors (Lipinski definition) is 6. The van der Waals surface area contributed by atoms with Gasteiger partial charge >= 0.3 is 0 Å². The monoisotopic (exact) mass is 521 g/mol. The van der Waals surface area contributed by atoms with Crippen LogP contribution < -0.4 is 5.32 Å². The molecule has 0 spiro atoms. The molecule has 190 valence electrons. The van der Waals surface area contributed by atoms with E-state index in [9.17, 15) is 21.6 Å². The lowest BCUT2D eigenvalue weighted by Gasteiger charge is -2.26. The highest BCUT2D eigenvalue weighted by atomic mass is 32.2. The van der Waals surface area contributed by atoms with Crippen molar-refractivity contribution in [2.24, 2.45) is 0 Å². The number of carbonyl (C=O) groups excluding carboxylic acids is 1. The van der Waals surface area contributed by atoms with Gasteiger partial charge in [-0.05, 0) is 55.7 Å². The summed E-state index contributed by atoms with van der Waals surface area (Å²) in [5.74, 6) is -0.508. The van der Waals surface area contributed by atoms with Gasteiger partial charge in [0.15, 0.2) is 0 Å². The van der Waals surface area contributed by atoms with E-state index in [1.165, 1.54) is 32.9 Å².